The predicted octanol–water partition coefficient (Wildman–Crippen LogP) is 0.140. The van der Waals surface area contributed by atoms with E-state index in [2.05, 4.69) is 0 Å². The normalized spacial score (nSPS) is 8.86. The number of carboxylic acid groups (broad SMARTS) is 2. The van der Waals surface area contributed by atoms with Crippen molar-refractivity contribution >= 4 is 41.5 Å². The van der Waals surface area contributed by atoms with Crippen LogP contribution in [-0.4, -0.2) is 56.8 Å². The summed E-state index contributed by atoms with van der Waals surface area (Å²) in [5.74, 6) is -3.04. The number of hydrogen-bond acceptors (Lipinski definition) is 3. The molecule has 0 bridgehead atoms. The number of phenols is 1. The summed E-state index contributed by atoms with van der Waals surface area (Å²) in [5.41, 5.74) is -0.588. The molecular formula is C8H7NaO5. The van der Waals surface area contributed by atoms with E-state index in [9.17, 15) is 9.59 Å². The average molecular weight is 206 g/mol. The van der Waals surface area contributed by atoms with Gasteiger partial charge in [-0.3, -0.25) is 0 Å². The van der Waals surface area contributed by atoms with E-state index in [4.69, 9.17) is 15.3 Å². The van der Waals surface area contributed by atoms with E-state index in [1.54, 1.807) is 0 Å². The van der Waals surface area contributed by atoms with Crippen LogP contribution in [0.5, 0.6) is 5.75 Å². The Kier molecular flexibility index (Phi) is 4.62. The van der Waals surface area contributed by atoms with Crippen molar-refractivity contribution in [2.75, 3.05) is 0 Å². The monoisotopic (exact) mass is 206 g/mol. The van der Waals surface area contributed by atoms with Crippen molar-refractivity contribution < 1.29 is 24.9 Å². The molecule has 0 radical (unpaired) electrons. The molecule has 0 fully saturated rings. The third-order valence-electron chi connectivity index (χ3n) is 1.47. The van der Waals surface area contributed by atoms with E-state index in [1.807, 2.05) is 0 Å². The molecule has 1 aromatic carbocycles. The van der Waals surface area contributed by atoms with Crippen LogP contribution in [0.4, 0.5) is 0 Å². The predicted molar refractivity (Wildman–Crippen MR) is 49.2 cm³/mol. The fourth-order valence-corrected chi connectivity index (χ4v) is 0.840. The van der Waals surface area contributed by atoms with Crippen molar-refractivity contribution in [2.45, 2.75) is 0 Å². The van der Waals surface area contributed by atoms with Crippen LogP contribution < -0.4 is 0 Å². The van der Waals surface area contributed by atoms with Gasteiger partial charge in [-0.15, -0.1) is 0 Å². The molecule has 0 atom stereocenters. The van der Waals surface area contributed by atoms with Crippen LogP contribution in [0.2, 0.25) is 0 Å². The number of rotatable bonds is 2. The number of hydrogen-bond donors (Lipinski definition) is 3. The molecule has 14 heavy (non-hydrogen) atoms. The Morgan fingerprint density at radius 3 is 2.07 bits per heavy atom. The quantitative estimate of drug-likeness (QED) is 0.598. The molecule has 0 aliphatic rings. The van der Waals surface area contributed by atoms with Gasteiger partial charge in [-0.1, -0.05) is 0 Å². The van der Waals surface area contributed by atoms with Crippen LogP contribution in [0.25, 0.3) is 0 Å². The number of carbonyl (C=O) groups is 2. The molecule has 0 aromatic heterocycles. The van der Waals surface area contributed by atoms with Crippen LogP contribution >= 0.6 is 0 Å². The Morgan fingerprint density at radius 2 is 1.64 bits per heavy atom. The van der Waals surface area contributed by atoms with Crippen molar-refractivity contribution in [1.82, 2.24) is 0 Å². The molecule has 1 rings (SSSR count). The van der Waals surface area contributed by atoms with E-state index < -0.39 is 23.3 Å². The van der Waals surface area contributed by atoms with Gasteiger partial charge in [0, 0.05) is 0 Å². The molecule has 5 nitrogen and oxygen atoms in total. The summed E-state index contributed by atoms with van der Waals surface area (Å²) in [6.45, 7) is 0. The molecule has 0 heterocycles. The van der Waals surface area contributed by atoms with Crippen molar-refractivity contribution in [2.24, 2.45) is 0 Å². The summed E-state index contributed by atoms with van der Waals surface area (Å²) in [6.07, 6.45) is 0. The number of aromatic carboxylic acids is 2. The van der Waals surface area contributed by atoms with Crippen molar-refractivity contribution in [1.29, 1.82) is 0 Å². The molecule has 1 aromatic rings. The standard InChI is InChI=1S/C8H6O5.Na.H/c9-6-2-1-4(7(10)11)3-5(6)8(12)13;;/h1-3,9H,(H,10,11)(H,12,13);;. The molecule has 0 aliphatic carbocycles. The minimum absolute atomic E-state index is 0. The van der Waals surface area contributed by atoms with E-state index in [1.165, 1.54) is 0 Å². The zero-order chi connectivity index (χ0) is 10.0. The summed E-state index contributed by atoms with van der Waals surface area (Å²) < 4.78 is 0. The van der Waals surface area contributed by atoms with Gasteiger partial charge in [-0.2, -0.15) is 0 Å². The SMILES string of the molecule is O=C(O)c1ccc(O)c(C(=O)O)c1.[NaH]. The van der Waals surface area contributed by atoms with Gasteiger partial charge in [-0.25, -0.2) is 9.59 Å². The summed E-state index contributed by atoms with van der Waals surface area (Å²) in [4.78, 5) is 20.9. The Balaban J connectivity index is 0.00000169. The van der Waals surface area contributed by atoms with Crippen molar-refractivity contribution in [3.8, 4) is 5.75 Å². The van der Waals surface area contributed by atoms with Gasteiger partial charge in [0.1, 0.15) is 11.3 Å². The van der Waals surface area contributed by atoms with Crippen LogP contribution in [0, 0.1) is 0 Å². The average Bonchev–Trinajstić information content (AvgIpc) is 2.04. The summed E-state index contributed by atoms with van der Waals surface area (Å²) >= 11 is 0. The first-order chi connectivity index (χ1) is 6.02. The zero-order valence-corrected chi connectivity index (χ0v) is 6.39. The van der Waals surface area contributed by atoms with Gasteiger partial charge < -0.3 is 15.3 Å². The third kappa shape index (κ3) is 2.73. The molecule has 3 N–H and O–H groups in total. The molecule has 0 saturated heterocycles. The van der Waals surface area contributed by atoms with E-state index in [-0.39, 0.29) is 35.1 Å². The molecule has 0 saturated carbocycles. The second-order valence-electron chi connectivity index (χ2n) is 2.34. The van der Waals surface area contributed by atoms with Crippen LogP contribution in [0.15, 0.2) is 18.2 Å². The third-order valence-corrected chi connectivity index (χ3v) is 1.47. The van der Waals surface area contributed by atoms with Crippen LogP contribution in [-0.2, 0) is 0 Å². The maximum absolute atomic E-state index is 10.4. The van der Waals surface area contributed by atoms with Crippen LogP contribution in [0.1, 0.15) is 20.7 Å². The van der Waals surface area contributed by atoms with Crippen molar-refractivity contribution in [3.05, 3.63) is 29.3 Å². The molecule has 0 amide bonds. The van der Waals surface area contributed by atoms with E-state index in [0.717, 1.165) is 18.2 Å². The minimum atomic E-state index is -1.36. The Labute approximate surface area is 101 Å². The molecule has 6 heteroatoms. The number of carboxylic acids is 2. The van der Waals surface area contributed by atoms with Gasteiger partial charge in [0.15, 0.2) is 0 Å². The fraction of sp³-hybridized carbons (Fsp3) is 0. The molecular weight excluding hydrogens is 199 g/mol. The van der Waals surface area contributed by atoms with E-state index in [0.29, 0.717) is 0 Å². The second-order valence-corrected chi connectivity index (χ2v) is 2.34. The van der Waals surface area contributed by atoms with Gasteiger partial charge in [0.05, 0.1) is 5.56 Å². The van der Waals surface area contributed by atoms with Crippen LogP contribution in [0.3, 0.4) is 0 Å². The second kappa shape index (κ2) is 4.99. The van der Waals surface area contributed by atoms with Gasteiger partial charge >= 0.3 is 41.5 Å². The molecule has 0 unspecified atom stereocenters. The Hall–Kier alpha value is -1.04. The van der Waals surface area contributed by atoms with E-state index >= 15 is 0 Å². The first kappa shape index (κ1) is 13.0. The van der Waals surface area contributed by atoms with Gasteiger partial charge in [0.25, 0.3) is 0 Å². The zero-order valence-electron chi connectivity index (χ0n) is 6.39. The molecule has 70 valence electrons. The first-order valence-corrected chi connectivity index (χ1v) is 3.32. The summed E-state index contributed by atoms with van der Waals surface area (Å²) in [7, 11) is 0. The topological polar surface area (TPSA) is 94.8 Å². The summed E-state index contributed by atoms with van der Waals surface area (Å²) in [5, 5.41) is 26.0. The van der Waals surface area contributed by atoms with Gasteiger partial charge in [0.2, 0.25) is 0 Å². The molecule has 0 aliphatic heterocycles. The Bertz CT molecular complexity index is 374. The Morgan fingerprint density at radius 1 is 1.07 bits per heavy atom. The maximum atomic E-state index is 10.4. The summed E-state index contributed by atoms with van der Waals surface area (Å²) in [6, 6.07) is 3.07. The first-order valence-electron chi connectivity index (χ1n) is 3.32. The van der Waals surface area contributed by atoms with Crippen molar-refractivity contribution in [3.63, 3.8) is 0 Å². The molecule has 0 spiro atoms. The number of aromatic hydroxyl groups is 1. The fourth-order valence-electron chi connectivity index (χ4n) is 0.840. The number of benzene rings is 1. The van der Waals surface area contributed by atoms with Gasteiger partial charge in [-0.05, 0) is 18.2 Å².